The number of benzene rings is 1. The Balaban J connectivity index is 1.66. The first-order valence-corrected chi connectivity index (χ1v) is 7.95. The van der Waals surface area contributed by atoms with Crippen molar-refractivity contribution in [2.75, 3.05) is 13.2 Å². The van der Waals surface area contributed by atoms with Gasteiger partial charge in [-0.05, 0) is 53.5 Å². The van der Waals surface area contributed by atoms with Crippen LogP contribution in [0.15, 0.2) is 40.2 Å². The molecule has 0 radical (unpaired) electrons. The fraction of sp³-hybridized carbons (Fsp3) is 0.267. The second-order valence-corrected chi connectivity index (χ2v) is 6.96. The van der Waals surface area contributed by atoms with Gasteiger partial charge in [0.1, 0.15) is 5.75 Å². The minimum Gasteiger partial charge on any atom is -0.484 e. The molecule has 0 unspecified atom stereocenters. The summed E-state index contributed by atoms with van der Waals surface area (Å²) in [7, 11) is 0. The van der Waals surface area contributed by atoms with E-state index in [1.807, 2.05) is 37.3 Å². The zero-order valence-electron chi connectivity index (χ0n) is 11.2. The maximum Gasteiger partial charge on any atom is 0.257 e. The monoisotopic (exact) mass is 353 g/mol. The van der Waals surface area contributed by atoms with Crippen molar-refractivity contribution in [1.82, 2.24) is 5.32 Å². The Labute approximate surface area is 131 Å². The Hall–Kier alpha value is -1.33. The first kappa shape index (κ1) is 15.1. The zero-order valence-corrected chi connectivity index (χ0v) is 13.6. The highest BCUT2D eigenvalue weighted by Gasteiger charge is 2.03. The average Bonchev–Trinajstić information content (AvgIpc) is 2.84. The lowest BCUT2D eigenvalue weighted by molar-refractivity contribution is -0.123. The molecule has 0 saturated carbocycles. The molecule has 2 rings (SSSR count). The molecule has 106 valence electrons. The van der Waals surface area contributed by atoms with Crippen molar-refractivity contribution in [2.24, 2.45) is 0 Å². The van der Waals surface area contributed by atoms with Gasteiger partial charge >= 0.3 is 0 Å². The van der Waals surface area contributed by atoms with Crippen molar-refractivity contribution in [3.8, 4) is 5.75 Å². The van der Waals surface area contributed by atoms with Crippen LogP contribution in [-0.4, -0.2) is 19.1 Å². The van der Waals surface area contributed by atoms with Gasteiger partial charge in [-0.2, -0.15) is 0 Å². The molecule has 1 aromatic carbocycles. The highest BCUT2D eigenvalue weighted by atomic mass is 79.9. The number of carbonyl (C=O) groups is 1. The van der Waals surface area contributed by atoms with Gasteiger partial charge in [-0.1, -0.05) is 17.7 Å². The second-order valence-electron chi connectivity index (χ2n) is 4.41. The van der Waals surface area contributed by atoms with E-state index in [0.29, 0.717) is 12.3 Å². The summed E-state index contributed by atoms with van der Waals surface area (Å²) in [6.45, 7) is 2.69. The highest BCUT2D eigenvalue weighted by Crippen LogP contribution is 2.22. The minimum absolute atomic E-state index is 0.0528. The molecule has 0 saturated heterocycles. The van der Waals surface area contributed by atoms with Gasteiger partial charge in [-0.25, -0.2) is 0 Å². The van der Waals surface area contributed by atoms with Crippen LogP contribution in [0.25, 0.3) is 0 Å². The van der Waals surface area contributed by atoms with Crippen molar-refractivity contribution in [2.45, 2.75) is 13.3 Å². The number of carbonyl (C=O) groups excluding carboxylic acids is 1. The van der Waals surface area contributed by atoms with E-state index < -0.39 is 0 Å². The molecule has 0 bridgehead atoms. The van der Waals surface area contributed by atoms with E-state index in [2.05, 4.69) is 27.3 Å². The van der Waals surface area contributed by atoms with E-state index in [4.69, 9.17) is 4.74 Å². The maximum absolute atomic E-state index is 11.6. The van der Waals surface area contributed by atoms with E-state index in [0.717, 1.165) is 10.2 Å². The van der Waals surface area contributed by atoms with Crippen molar-refractivity contribution in [3.05, 3.63) is 50.6 Å². The topological polar surface area (TPSA) is 38.3 Å². The molecular formula is C15H16BrNO2S. The molecule has 0 aliphatic carbocycles. The standard InChI is InChI=1S/C15H16BrNO2S/c1-11-2-4-12(5-3-11)19-10-15(18)17-9-8-13-6-7-14(16)20-13/h2-7H,8-10H2,1H3,(H,17,18). The molecule has 1 heterocycles. The molecule has 5 heteroatoms. The number of hydrogen-bond acceptors (Lipinski definition) is 3. The van der Waals surface area contributed by atoms with Crippen LogP contribution in [-0.2, 0) is 11.2 Å². The van der Waals surface area contributed by atoms with Gasteiger partial charge in [0.05, 0.1) is 3.79 Å². The van der Waals surface area contributed by atoms with Gasteiger partial charge in [0, 0.05) is 11.4 Å². The molecule has 0 spiro atoms. The molecular weight excluding hydrogens is 338 g/mol. The Kier molecular flexibility index (Phi) is 5.61. The molecule has 3 nitrogen and oxygen atoms in total. The van der Waals surface area contributed by atoms with Gasteiger partial charge in [-0.15, -0.1) is 11.3 Å². The van der Waals surface area contributed by atoms with Gasteiger partial charge in [-0.3, -0.25) is 4.79 Å². The summed E-state index contributed by atoms with van der Waals surface area (Å²) in [4.78, 5) is 12.9. The van der Waals surface area contributed by atoms with Crippen molar-refractivity contribution >= 4 is 33.2 Å². The number of ether oxygens (including phenoxy) is 1. The number of nitrogens with one attached hydrogen (secondary N) is 1. The van der Waals surface area contributed by atoms with Gasteiger partial charge in [0.25, 0.3) is 5.91 Å². The first-order chi connectivity index (χ1) is 9.63. The fourth-order valence-electron chi connectivity index (χ4n) is 1.65. The van der Waals surface area contributed by atoms with Crippen LogP contribution in [0.3, 0.4) is 0 Å². The third kappa shape index (κ3) is 4.98. The van der Waals surface area contributed by atoms with E-state index in [1.165, 1.54) is 10.4 Å². The predicted octanol–water partition coefficient (Wildman–Crippen LogP) is 3.56. The van der Waals surface area contributed by atoms with E-state index in [-0.39, 0.29) is 12.5 Å². The summed E-state index contributed by atoms with van der Waals surface area (Å²) in [6.07, 6.45) is 0.840. The smallest absolute Gasteiger partial charge is 0.257 e. The highest BCUT2D eigenvalue weighted by molar-refractivity contribution is 9.11. The SMILES string of the molecule is Cc1ccc(OCC(=O)NCCc2ccc(Br)s2)cc1. The van der Waals surface area contributed by atoms with E-state index >= 15 is 0 Å². The summed E-state index contributed by atoms with van der Waals surface area (Å²) >= 11 is 5.10. The Morgan fingerprint density at radius 1 is 1.25 bits per heavy atom. The van der Waals surface area contributed by atoms with Crippen LogP contribution < -0.4 is 10.1 Å². The number of halogens is 1. The van der Waals surface area contributed by atoms with Crippen LogP contribution in [0.4, 0.5) is 0 Å². The zero-order chi connectivity index (χ0) is 14.4. The van der Waals surface area contributed by atoms with Crippen molar-refractivity contribution < 1.29 is 9.53 Å². The Morgan fingerprint density at radius 2 is 2.00 bits per heavy atom. The largest absolute Gasteiger partial charge is 0.484 e. The first-order valence-electron chi connectivity index (χ1n) is 6.34. The molecule has 2 aromatic rings. The van der Waals surface area contributed by atoms with Gasteiger partial charge < -0.3 is 10.1 Å². The summed E-state index contributed by atoms with van der Waals surface area (Å²) < 4.78 is 6.53. The molecule has 1 N–H and O–H groups in total. The number of thiophene rings is 1. The van der Waals surface area contributed by atoms with Gasteiger partial charge in [0.2, 0.25) is 0 Å². The summed E-state index contributed by atoms with van der Waals surface area (Å²) in [5.74, 6) is 0.620. The van der Waals surface area contributed by atoms with Crippen molar-refractivity contribution in [3.63, 3.8) is 0 Å². The lowest BCUT2D eigenvalue weighted by Crippen LogP contribution is -2.30. The predicted molar refractivity (Wildman–Crippen MR) is 85.4 cm³/mol. The number of rotatable bonds is 6. The summed E-state index contributed by atoms with van der Waals surface area (Å²) in [5, 5.41) is 2.85. The van der Waals surface area contributed by atoms with E-state index in [1.54, 1.807) is 11.3 Å². The molecule has 0 fully saturated rings. The lowest BCUT2D eigenvalue weighted by Gasteiger charge is -2.07. The number of hydrogen-bond donors (Lipinski definition) is 1. The summed E-state index contributed by atoms with van der Waals surface area (Å²) in [5.41, 5.74) is 1.17. The second kappa shape index (κ2) is 7.45. The quantitative estimate of drug-likeness (QED) is 0.862. The van der Waals surface area contributed by atoms with Crippen LogP contribution in [0, 0.1) is 6.92 Å². The Bertz CT molecular complexity index is 566. The molecule has 0 aliphatic heterocycles. The van der Waals surface area contributed by atoms with Crippen LogP contribution in [0.1, 0.15) is 10.4 Å². The van der Waals surface area contributed by atoms with E-state index in [9.17, 15) is 4.79 Å². The fourth-order valence-corrected chi connectivity index (χ4v) is 3.13. The number of amides is 1. The lowest BCUT2D eigenvalue weighted by atomic mass is 10.2. The van der Waals surface area contributed by atoms with Crippen LogP contribution in [0.5, 0.6) is 5.75 Å². The summed E-state index contributed by atoms with van der Waals surface area (Å²) in [6, 6.07) is 11.7. The van der Waals surface area contributed by atoms with Crippen LogP contribution in [0.2, 0.25) is 0 Å². The third-order valence-corrected chi connectivity index (χ3v) is 4.40. The average molecular weight is 354 g/mol. The third-order valence-electron chi connectivity index (χ3n) is 2.71. The molecule has 0 atom stereocenters. The van der Waals surface area contributed by atoms with Crippen molar-refractivity contribution in [1.29, 1.82) is 0 Å². The maximum atomic E-state index is 11.6. The van der Waals surface area contributed by atoms with Gasteiger partial charge in [0.15, 0.2) is 6.61 Å². The minimum atomic E-state index is -0.0961. The number of aryl methyl sites for hydroxylation is 1. The molecule has 20 heavy (non-hydrogen) atoms. The Morgan fingerprint density at radius 3 is 2.65 bits per heavy atom. The molecule has 0 aliphatic rings. The normalized spacial score (nSPS) is 10.3. The molecule has 1 amide bonds. The molecule has 1 aromatic heterocycles. The van der Waals surface area contributed by atoms with Crippen LogP contribution >= 0.6 is 27.3 Å².